The zero-order valence-corrected chi connectivity index (χ0v) is 50.3. The van der Waals surface area contributed by atoms with Crippen LogP contribution in [0.25, 0.3) is 0 Å². The van der Waals surface area contributed by atoms with E-state index in [-0.39, 0.29) is 48.4 Å². The highest BCUT2D eigenvalue weighted by Crippen LogP contribution is 2.65. The monoisotopic (exact) mass is 1220 g/mol. The van der Waals surface area contributed by atoms with Crippen LogP contribution in [-0.2, 0) is 82.2 Å². The molecule has 3 aliphatic carbocycles. The number of aliphatic hydroxyl groups is 1. The van der Waals surface area contributed by atoms with Gasteiger partial charge in [-0.15, -0.1) is 0 Å². The Morgan fingerprint density at radius 1 is 0.726 bits per heavy atom. The van der Waals surface area contributed by atoms with Gasteiger partial charge in [-0.25, -0.2) is 9.59 Å². The molecule has 2 bridgehead atoms. The van der Waals surface area contributed by atoms with Crippen molar-refractivity contribution in [1.82, 2.24) is 15.1 Å². The molecule has 0 radical (unpaired) electrons. The first-order valence-electron chi connectivity index (χ1n) is 26.2. The second kappa shape index (κ2) is 26.9. The molecular formula is C57H73N3O22S2. The van der Waals surface area contributed by atoms with Gasteiger partial charge in [-0.3, -0.25) is 47.7 Å². The van der Waals surface area contributed by atoms with Gasteiger partial charge >= 0.3 is 35.8 Å². The fraction of sp³-hybridized carbons (Fsp3) is 0.509. The molecule has 2 saturated carbocycles. The van der Waals surface area contributed by atoms with E-state index in [0.29, 0.717) is 18.1 Å². The van der Waals surface area contributed by atoms with E-state index >= 15 is 9.59 Å². The molecule has 4 N–H and O–H groups in total. The Labute approximate surface area is 487 Å². The normalized spacial score (nSPS) is 26.6. The van der Waals surface area contributed by atoms with Crippen molar-refractivity contribution in [1.29, 1.82) is 0 Å². The first-order valence-corrected chi connectivity index (χ1v) is 29.9. The molecule has 1 aliphatic heterocycles. The van der Waals surface area contributed by atoms with Crippen LogP contribution in [0, 0.1) is 16.7 Å². The van der Waals surface area contributed by atoms with Crippen LogP contribution in [0.4, 0.5) is 0 Å². The van der Waals surface area contributed by atoms with Crippen molar-refractivity contribution in [2.45, 2.75) is 108 Å². The number of amides is 1. The number of likely N-dealkylation sites (N-methyl/N-ethyl adjacent to an activating group) is 2. The summed E-state index contributed by atoms with van der Waals surface area (Å²) < 4.78 is 95.3. The van der Waals surface area contributed by atoms with Gasteiger partial charge < -0.3 is 43.6 Å². The zero-order chi connectivity index (χ0) is 63.1. The molecule has 460 valence electrons. The molecule has 1 amide bonds. The van der Waals surface area contributed by atoms with Crippen LogP contribution in [0.2, 0.25) is 0 Å². The van der Waals surface area contributed by atoms with E-state index in [4.69, 9.17) is 42.3 Å². The summed E-state index contributed by atoms with van der Waals surface area (Å²) >= 11 is 0. The molecular weight excluding hydrogens is 1140 g/mol. The predicted octanol–water partition coefficient (Wildman–Crippen LogP) is 2.97. The lowest BCUT2D eigenvalue weighted by molar-refractivity contribution is -0.346. The number of ketones is 1. The molecule has 0 spiro atoms. The van der Waals surface area contributed by atoms with Crippen molar-refractivity contribution in [2.24, 2.45) is 16.7 Å². The van der Waals surface area contributed by atoms with E-state index in [1.165, 1.54) is 30.9 Å². The number of ether oxygens (including phenoxy) is 7. The van der Waals surface area contributed by atoms with Gasteiger partial charge in [0.2, 0.25) is 6.10 Å². The largest absolute Gasteiger partial charge is 0.460 e. The van der Waals surface area contributed by atoms with E-state index in [1.54, 1.807) is 126 Å². The fourth-order valence-corrected chi connectivity index (χ4v) is 11.3. The highest BCUT2D eigenvalue weighted by molar-refractivity contribution is 7.85. The van der Waals surface area contributed by atoms with Gasteiger partial charge in [0, 0.05) is 37.7 Å². The maximum atomic E-state index is 16.2. The molecule has 0 unspecified atom stereocenters. The van der Waals surface area contributed by atoms with Crippen molar-refractivity contribution < 1.29 is 103 Å². The Kier molecular flexibility index (Phi) is 21.7. The third-order valence-corrected chi connectivity index (χ3v) is 14.8. The Bertz CT molecular complexity index is 3150. The van der Waals surface area contributed by atoms with Crippen molar-refractivity contribution in [2.75, 3.05) is 60.4 Å². The number of hydrogen-bond acceptors (Lipinski definition) is 22. The number of nitrogens with one attached hydrogen (secondary N) is 1. The van der Waals surface area contributed by atoms with Gasteiger partial charge in [0.1, 0.15) is 36.1 Å². The molecule has 3 fully saturated rings. The second-order valence-corrected chi connectivity index (χ2v) is 25.2. The maximum absolute atomic E-state index is 16.2. The third-order valence-electron chi connectivity index (χ3n) is 14.8. The van der Waals surface area contributed by atoms with E-state index in [1.807, 2.05) is 0 Å². The number of hydrogen-bond donors (Lipinski definition) is 4. The van der Waals surface area contributed by atoms with Crippen LogP contribution >= 0.6 is 0 Å². The Hall–Kier alpha value is -6.98. The topological polar surface area (TPSA) is 349 Å². The number of nitrogens with zero attached hydrogens (tertiary/aromatic N) is 2. The quantitative estimate of drug-likeness (QED) is 0.0693. The average Bonchev–Trinajstić information content (AvgIpc) is 0.674. The standard InChI is InChI=1S/C55H65N3O16.2CH4O3S/c1-31-37(70-51(66)45(72-41(62)29-58(9)10)43(34-20-14-11-15-21-34)56-49(64)35-22-16-12-17-23-35)27-55(67)48(73-50(65)36-24-18-13-19-25-36)46-53(6,47(63)44(69-32(2)59)42(31)52(55,4)5)38(71-40(61)28-57(7)8)26-39-54(46,30-68-39)74-33(3)60;2*1-5(2,3)4/h11-25,37-39,43-46,48,67H,26-30H2,1-10H3,(H,56,64);2*1H3,(H,2,3,4)/t37-,38-,39+,43-,44+,45+,46-,48-,53+,54-,55+;;/m0../s1. The number of rotatable bonds is 16. The predicted molar refractivity (Wildman–Crippen MR) is 297 cm³/mol. The highest BCUT2D eigenvalue weighted by atomic mass is 32.2. The van der Waals surface area contributed by atoms with E-state index in [0.717, 1.165) is 13.8 Å². The molecule has 25 nitrogen and oxygen atoms in total. The Morgan fingerprint density at radius 3 is 1.70 bits per heavy atom. The molecule has 7 rings (SSSR count). The number of benzene rings is 3. The SMILES string of the molecule is CC(=O)O[C@H]1C(=O)[C@]2(C)[C@@H](OC(=O)CN(C)C)C[C@H]3OC[C@@]3(OC(C)=O)[C@H]2[C@H](OC(=O)c2ccccc2)[C@]2(O)C[C@H](OC(=O)[C@H](OC(=O)CN(C)C)[C@@H](NC(=O)c3ccccc3)c3ccccc3)C(C)=C1C2(C)C.CS(=O)(=O)O.CS(=O)(=O)O. The lowest BCUT2D eigenvalue weighted by atomic mass is 9.44. The molecule has 3 aromatic carbocycles. The van der Waals surface area contributed by atoms with Gasteiger partial charge in [-0.05, 0) is 83.0 Å². The summed E-state index contributed by atoms with van der Waals surface area (Å²) in [7, 11) is -0.826. The van der Waals surface area contributed by atoms with Crippen molar-refractivity contribution in [3.63, 3.8) is 0 Å². The van der Waals surface area contributed by atoms with Crippen LogP contribution in [0.15, 0.2) is 102 Å². The second-order valence-electron chi connectivity index (χ2n) is 22.2. The highest BCUT2D eigenvalue weighted by Gasteiger charge is 2.79. The summed E-state index contributed by atoms with van der Waals surface area (Å²) in [5, 5.41) is 17.0. The number of Topliss-reactive ketones (excluding diaryl/α,β-unsaturated/α-hetero) is 1. The van der Waals surface area contributed by atoms with Crippen molar-refractivity contribution in [3.05, 3.63) is 119 Å². The number of fused-ring (bicyclic) bond motifs is 5. The molecule has 1 saturated heterocycles. The van der Waals surface area contributed by atoms with E-state index in [2.05, 4.69) is 5.32 Å². The summed E-state index contributed by atoms with van der Waals surface area (Å²) in [6, 6.07) is 22.9. The number of carbonyl (C=O) groups excluding carboxylic acids is 8. The lowest BCUT2D eigenvalue weighted by Crippen LogP contribution is -2.82. The number of esters is 6. The smallest absolute Gasteiger partial charge is 0.350 e. The summed E-state index contributed by atoms with van der Waals surface area (Å²) in [6.07, 6.45) is -9.25. The minimum atomic E-state index is -3.67. The van der Waals surface area contributed by atoms with Gasteiger partial charge in [0.25, 0.3) is 26.1 Å². The average molecular weight is 1220 g/mol. The minimum absolute atomic E-state index is 0.0344. The Morgan fingerprint density at radius 2 is 1.23 bits per heavy atom. The Balaban J connectivity index is 0.00000119. The summed E-state index contributed by atoms with van der Waals surface area (Å²) in [4.78, 5) is 117. The van der Waals surface area contributed by atoms with Crippen LogP contribution in [-0.4, -0.2) is 197 Å². The first-order chi connectivity index (χ1) is 38.8. The van der Waals surface area contributed by atoms with Crippen molar-refractivity contribution in [3.8, 4) is 0 Å². The summed E-state index contributed by atoms with van der Waals surface area (Å²) in [6.45, 7) is 7.42. The summed E-state index contributed by atoms with van der Waals surface area (Å²) in [5.74, 6) is -8.68. The van der Waals surface area contributed by atoms with Crippen LogP contribution in [0.1, 0.15) is 86.7 Å². The molecule has 1 heterocycles. The fourth-order valence-electron chi connectivity index (χ4n) is 11.3. The molecule has 4 aliphatic rings. The van der Waals surface area contributed by atoms with Crippen molar-refractivity contribution >= 4 is 67.7 Å². The molecule has 27 heteroatoms. The van der Waals surface area contributed by atoms with Crippen LogP contribution in [0.3, 0.4) is 0 Å². The minimum Gasteiger partial charge on any atom is -0.460 e. The maximum Gasteiger partial charge on any atom is 0.350 e. The van der Waals surface area contributed by atoms with E-state index < -0.39 is 145 Å². The van der Waals surface area contributed by atoms with Gasteiger partial charge in [-0.1, -0.05) is 80.6 Å². The van der Waals surface area contributed by atoms with Gasteiger partial charge in [0.15, 0.2) is 17.5 Å². The molecule has 0 aromatic heterocycles. The molecule has 11 atom stereocenters. The van der Waals surface area contributed by atoms with Crippen LogP contribution in [0.5, 0.6) is 0 Å². The third kappa shape index (κ3) is 16.1. The van der Waals surface area contributed by atoms with Gasteiger partial charge in [-0.2, -0.15) is 16.8 Å². The van der Waals surface area contributed by atoms with E-state index in [9.17, 15) is 50.7 Å². The number of carbonyl (C=O) groups is 8. The molecule has 84 heavy (non-hydrogen) atoms. The van der Waals surface area contributed by atoms with Crippen LogP contribution < -0.4 is 5.32 Å². The zero-order valence-electron chi connectivity index (χ0n) is 48.6. The lowest BCUT2D eigenvalue weighted by Gasteiger charge is -2.67. The first kappa shape index (κ1) is 67.8. The van der Waals surface area contributed by atoms with Gasteiger partial charge in [0.05, 0.1) is 49.1 Å². The summed E-state index contributed by atoms with van der Waals surface area (Å²) in [5.41, 5.74) is -7.56. The molecule has 3 aromatic rings.